The first-order valence-electron chi connectivity index (χ1n) is 10.0. The molecule has 30 heavy (non-hydrogen) atoms. The van der Waals surface area contributed by atoms with Gasteiger partial charge in [-0.25, -0.2) is 4.68 Å². The zero-order valence-corrected chi connectivity index (χ0v) is 18.0. The molecule has 8 heteroatoms. The molecule has 0 saturated heterocycles. The highest BCUT2D eigenvalue weighted by Gasteiger charge is 2.31. The van der Waals surface area contributed by atoms with Gasteiger partial charge in [0.2, 0.25) is 5.95 Å². The van der Waals surface area contributed by atoms with Crippen LogP contribution in [0.5, 0.6) is 5.75 Å². The van der Waals surface area contributed by atoms with Crippen LogP contribution in [0.25, 0.3) is 16.7 Å². The molecule has 0 N–H and O–H groups in total. The largest absolute Gasteiger partial charge is 0.493 e. The smallest absolute Gasteiger partial charge is 0.250 e. The number of benzene rings is 1. The van der Waals surface area contributed by atoms with Crippen molar-refractivity contribution < 1.29 is 4.74 Å². The van der Waals surface area contributed by atoms with Crippen LogP contribution in [0.15, 0.2) is 52.6 Å². The molecule has 0 atom stereocenters. The van der Waals surface area contributed by atoms with Crippen molar-refractivity contribution >= 4 is 23.5 Å². The molecule has 0 saturated carbocycles. The fraction of sp³-hybridized carbons (Fsp3) is 0.318. The monoisotopic (exact) mass is 421 g/mol. The van der Waals surface area contributed by atoms with E-state index in [2.05, 4.69) is 34.3 Å². The first kappa shape index (κ1) is 19.0. The molecule has 2 aliphatic rings. The van der Waals surface area contributed by atoms with Crippen molar-refractivity contribution in [2.24, 2.45) is 7.05 Å². The summed E-state index contributed by atoms with van der Waals surface area (Å²) in [6, 6.07) is 10.1. The molecular formula is C22H23N5O2S. The van der Waals surface area contributed by atoms with Crippen LogP contribution >= 0.6 is 11.9 Å². The molecule has 3 aromatic rings. The summed E-state index contributed by atoms with van der Waals surface area (Å²) in [4.78, 5) is 17.9. The lowest BCUT2D eigenvalue weighted by atomic mass is 9.98. The number of pyridine rings is 1. The standard InChI is InChI=1S/C22H23N5O2S/c1-14(2)27-22(23-13-24-27)26-12-18-17-10-15(16-6-8-25(3)21(28)11-16)4-5-19(17)29-9-7-20(18)30-26/h4-6,8,10-11,13-14H,7,9,12H2,1-3H3. The van der Waals surface area contributed by atoms with Crippen LogP contribution in [0, 0.1) is 0 Å². The van der Waals surface area contributed by atoms with E-state index in [0.717, 1.165) is 41.4 Å². The van der Waals surface area contributed by atoms with E-state index < -0.39 is 0 Å². The molecule has 0 fully saturated rings. The third-order valence-electron chi connectivity index (χ3n) is 5.45. The molecule has 0 amide bonds. The minimum atomic E-state index is -0.0192. The minimum absolute atomic E-state index is 0.0192. The van der Waals surface area contributed by atoms with Gasteiger partial charge in [-0.15, -0.1) is 0 Å². The number of aryl methyl sites for hydroxylation is 1. The average molecular weight is 422 g/mol. The van der Waals surface area contributed by atoms with E-state index in [1.54, 1.807) is 42.2 Å². The number of nitrogens with zero attached hydrogens (tertiary/aromatic N) is 5. The van der Waals surface area contributed by atoms with Crippen LogP contribution in [0.2, 0.25) is 0 Å². The van der Waals surface area contributed by atoms with Crippen molar-refractivity contribution in [2.75, 3.05) is 17.5 Å². The van der Waals surface area contributed by atoms with E-state index in [-0.39, 0.29) is 11.6 Å². The van der Waals surface area contributed by atoms with E-state index in [9.17, 15) is 4.79 Å². The lowest BCUT2D eigenvalue weighted by Crippen LogP contribution is -2.19. The Bertz CT molecular complexity index is 1210. The van der Waals surface area contributed by atoms with Gasteiger partial charge in [0.05, 0.1) is 19.2 Å². The fourth-order valence-electron chi connectivity index (χ4n) is 3.84. The van der Waals surface area contributed by atoms with Gasteiger partial charge >= 0.3 is 0 Å². The molecule has 1 aromatic carbocycles. The Kier molecular flexibility index (Phi) is 4.66. The Labute approximate surface area is 179 Å². The van der Waals surface area contributed by atoms with Crippen LogP contribution < -0.4 is 14.6 Å². The zero-order chi connectivity index (χ0) is 20.8. The topological polar surface area (TPSA) is 65.2 Å². The fourth-order valence-corrected chi connectivity index (χ4v) is 4.97. The first-order valence-corrected chi connectivity index (χ1v) is 10.8. The molecule has 0 radical (unpaired) electrons. The third kappa shape index (κ3) is 3.21. The minimum Gasteiger partial charge on any atom is -0.493 e. The summed E-state index contributed by atoms with van der Waals surface area (Å²) >= 11 is 1.72. The van der Waals surface area contributed by atoms with E-state index in [4.69, 9.17) is 4.74 Å². The van der Waals surface area contributed by atoms with E-state index in [1.165, 1.54) is 10.5 Å². The van der Waals surface area contributed by atoms with Gasteiger partial charge in [0.25, 0.3) is 5.56 Å². The first-order chi connectivity index (χ1) is 14.5. The molecular weight excluding hydrogens is 398 g/mol. The van der Waals surface area contributed by atoms with Crippen molar-refractivity contribution in [3.8, 4) is 16.9 Å². The maximum absolute atomic E-state index is 12.1. The summed E-state index contributed by atoms with van der Waals surface area (Å²) in [5.41, 5.74) is 4.25. The van der Waals surface area contributed by atoms with Gasteiger partial charge in [0.1, 0.15) is 12.1 Å². The summed E-state index contributed by atoms with van der Waals surface area (Å²) < 4.78 is 11.8. The summed E-state index contributed by atoms with van der Waals surface area (Å²) in [5.74, 6) is 1.76. The van der Waals surface area contributed by atoms with Crippen molar-refractivity contribution in [2.45, 2.75) is 26.3 Å². The Morgan fingerprint density at radius 3 is 2.80 bits per heavy atom. The molecule has 7 nitrogen and oxygen atoms in total. The van der Waals surface area contributed by atoms with Crippen LogP contribution in [-0.2, 0) is 7.05 Å². The number of anilines is 1. The second-order valence-corrected chi connectivity index (χ2v) is 8.92. The highest BCUT2D eigenvalue weighted by atomic mass is 32.2. The van der Waals surface area contributed by atoms with E-state index >= 15 is 0 Å². The van der Waals surface area contributed by atoms with Gasteiger partial charge in [-0.1, -0.05) is 6.07 Å². The Balaban J connectivity index is 1.53. The molecule has 154 valence electrons. The van der Waals surface area contributed by atoms with Gasteiger partial charge in [-0.3, -0.25) is 9.10 Å². The molecule has 0 bridgehead atoms. The van der Waals surface area contributed by atoms with Crippen LogP contribution in [0.1, 0.15) is 31.9 Å². The van der Waals surface area contributed by atoms with Gasteiger partial charge in [-0.05, 0) is 60.7 Å². The van der Waals surface area contributed by atoms with Crippen molar-refractivity contribution in [1.82, 2.24) is 19.3 Å². The third-order valence-corrected chi connectivity index (χ3v) is 6.64. The lowest BCUT2D eigenvalue weighted by Gasteiger charge is -2.20. The maximum atomic E-state index is 12.1. The maximum Gasteiger partial charge on any atom is 0.250 e. The van der Waals surface area contributed by atoms with E-state index in [0.29, 0.717) is 6.61 Å². The molecule has 2 aliphatic heterocycles. The average Bonchev–Trinajstić information content (AvgIpc) is 3.34. The normalized spacial score (nSPS) is 15.8. The second kappa shape index (κ2) is 7.36. The second-order valence-electron chi connectivity index (χ2n) is 7.80. The van der Waals surface area contributed by atoms with Gasteiger partial charge in [0, 0.05) is 36.2 Å². The molecule has 2 aromatic heterocycles. The van der Waals surface area contributed by atoms with E-state index in [1.807, 2.05) is 22.9 Å². The Morgan fingerprint density at radius 1 is 1.17 bits per heavy atom. The van der Waals surface area contributed by atoms with Crippen LogP contribution in [0.4, 0.5) is 5.95 Å². The summed E-state index contributed by atoms with van der Waals surface area (Å²) in [7, 11) is 1.76. The molecule has 0 aliphatic carbocycles. The van der Waals surface area contributed by atoms with Crippen LogP contribution in [0.3, 0.4) is 0 Å². The van der Waals surface area contributed by atoms with Gasteiger partial charge in [-0.2, -0.15) is 10.1 Å². The summed E-state index contributed by atoms with van der Waals surface area (Å²) in [6.45, 7) is 5.60. The van der Waals surface area contributed by atoms with Crippen molar-refractivity contribution in [1.29, 1.82) is 0 Å². The number of rotatable bonds is 3. The summed E-state index contributed by atoms with van der Waals surface area (Å²) in [5, 5.41) is 4.39. The predicted octanol–water partition coefficient (Wildman–Crippen LogP) is 3.89. The number of ether oxygens (including phenoxy) is 1. The highest BCUT2D eigenvalue weighted by molar-refractivity contribution is 8.04. The number of hydrogen-bond acceptors (Lipinski definition) is 6. The number of hydrogen-bond donors (Lipinski definition) is 0. The SMILES string of the molecule is CC(C)n1ncnc1N1CC2=C(CCOc3ccc(-c4ccn(C)c(=O)c4)cc32)S1. The van der Waals surface area contributed by atoms with Gasteiger partial charge in [0.15, 0.2) is 0 Å². The number of fused-ring (bicyclic) bond motifs is 2. The predicted molar refractivity (Wildman–Crippen MR) is 119 cm³/mol. The molecule has 0 spiro atoms. The quantitative estimate of drug-likeness (QED) is 0.598. The van der Waals surface area contributed by atoms with Crippen molar-refractivity contribution in [3.05, 3.63) is 63.7 Å². The molecule has 4 heterocycles. The summed E-state index contributed by atoms with van der Waals surface area (Å²) in [6.07, 6.45) is 4.28. The Hall–Kier alpha value is -3.00. The highest BCUT2D eigenvalue weighted by Crippen LogP contribution is 2.46. The zero-order valence-electron chi connectivity index (χ0n) is 17.2. The number of aromatic nitrogens is 4. The van der Waals surface area contributed by atoms with Crippen LogP contribution in [-0.4, -0.2) is 32.5 Å². The molecule has 0 unspecified atom stereocenters. The molecule has 5 rings (SSSR count). The Morgan fingerprint density at radius 2 is 2.00 bits per heavy atom. The lowest BCUT2D eigenvalue weighted by molar-refractivity contribution is 0.326. The van der Waals surface area contributed by atoms with Crippen molar-refractivity contribution in [3.63, 3.8) is 0 Å². The van der Waals surface area contributed by atoms with Gasteiger partial charge < -0.3 is 9.30 Å².